The first kappa shape index (κ1) is 16.2. The van der Waals surface area contributed by atoms with Crippen molar-refractivity contribution in [3.05, 3.63) is 46.2 Å². The molecule has 0 saturated carbocycles. The van der Waals surface area contributed by atoms with Crippen LogP contribution < -0.4 is 10.6 Å². The summed E-state index contributed by atoms with van der Waals surface area (Å²) in [5.74, 6) is -0.487. The number of nitro benzene ring substituents is 1. The minimum atomic E-state index is -0.503. The van der Waals surface area contributed by atoms with E-state index in [1.165, 1.54) is 30.5 Å². The number of anilines is 1. The lowest BCUT2D eigenvalue weighted by molar-refractivity contribution is -0.384. The van der Waals surface area contributed by atoms with Crippen LogP contribution in [-0.4, -0.2) is 16.4 Å². The number of nitrogens with zero attached hydrogens (tertiary/aromatic N) is 2. The molecule has 0 aromatic heterocycles. The van der Waals surface area contributed by atoms with Crippen molar-refractivity contribution in [2.24, 2.45) is 0 Å². The summed E-state index contributed by atoms with van der Waals surface area (Å²) in [5, 5.41) is 24.9. The molecule has 7 nitrogen and oxygen atoms in total. The van der Waals surface area contributed by atoms with E-state index in [9.17, 15) is 14.9 Å². The zero-order chi connectivity index (χ0) is 16.0. The maximum Gasteiger partial charge on any atom is 0.269 e. The fraction of sp³-hybridized carbons (Fsp3) is 0.286. The summed E-state index contributed by atoms with van der Waals surface area (Å²) in [6.07, 6.45) is 1.27. The molecule has 0 aliphatic heterocycles. The first-order chi connectivity index (χ1) is 9.73. The number of benzene rings is 1. The molecule has 0 radical (unpaired) electrons. The van der Waals surface area contributed by atoms with E-state index < -0.39 is 16.4 Å². The highest BCUT2D eigenvalue weighted by Crippen LogP contribution is 2.15. The Balaban J connectivity index is 2.79. The number of hydrogen-bond acceptors (Lipinski definition) is 5. The lowest BCUT2D eigenvalue weighted by Gasteiger charge is -2.20. The molecule has 1 rings (SSSR count). The molecule has 110 valence electrons. The predicted molar refractivity (Wildman–Crippen MR) is 78.3 cm³/mol. The minimum absolute atomic E-state index is 0.0319. The molecule has 0 bridgehead atoms. The molecule has 1 amide bonds. The topological polar surface area (TPSA) is 108 Å². The van der Waals surface area contributed by atoms with Crippen molar-refractivity contribution < 1.29 is 9.72 Å². The van der Waals surface area contributed by atoms with Crippen LogP contribution in [0, 0.1) is 21.4 Å². The van der Waals surface area contributed by atoms with Crippen LogP contribution in [0.4, 0.5) is 11.4 Å². The van der Waals surface area contributed by atoms with E-state index in [-0.39, 0.29) is 11.3 Å². The van der Waals surface area contributed by atoms with Crippen LogP contribution in [-0.2, 0) is 4.79 Å². The van der Waals surface area contributed by atoms with Gasteiger partial charge in [0.25, 0.3) is 11.6 Å². The first-order valence-corrected chi connectivity index (χ1v) is 6.17. The Labute approximate surface area is 122 Å². The van der Waals surface area contributed by atoms with Crippen molar-refractivity contribution in [2.75, 3.05) is 5.32 Å². The van der Waals surface area contributed by atoms with Gasteiger partial charge in [0.2, 0.25) is 0 Å². The summed E-state index contributed by atoms with van der Waals surface area (Å²) in [6.45, 7) is 5.43. The highest BCUT2D eigenvalue weighted by atomic mass is 16.6. The average molecular weight is 288 g/mol. The van der Waals surface area contributed by atoms with Crippen molar-refractivity contribution >= 4 is 17.3 Å². The van der Waals surface area contributed by atoms with Crippen LogP contribution in [0.15, 0.2) is 36.0 Å². The maximum atomic E-state index is 11.8. The van der Waals surface area contributed by atoms with E-state index >= 15 is 0 Å². The molecule has 0 fully saturated rings. The second kappa shape index (κ2) is 6.52. The largest absolute Gasteiger partial charge is 0.360 e. The molecule has 0 atom stereocenters. The highest BCUT2D eigenvalue weighted by molar-refractivity contribution is 5.97. The molecule has 1 aromatic rings. The lowest BCUT2D eigenvalue weighted by Crippen LogP contribution is -2.41. The Bertz CT molecular complexity index is 607. The Kier molecular flexibility index (Phi) is 5.02. The van der Waals surface area contributed by atoms with Crippen molar-refractivity contribution in [2.45, 2.75) is 26.3 Å². The number of nitriles is 1. The molecule has 0 unspecified atom stereocenters. The van der Waals surface area contributed by atoms with Gasteiger partial charge in [-0.3, -0.25) is 14.9 Å². The van der Waals surface area contributed by atoms with Gasteiger partial charge in [-0.1, -0.05) is 0 Å². The molecule has 2 N–H and O–H groups in total. The van der Waals surface area contributed by atoms with E-state index in [1.54, 1.807) is 6.07 Å². The molecule has 0 spiro atoms. The fourth-order valence-corrected chi connectivity index (χ4v) is 1.39. The number of hydrogen-bond donors (Lipinski definition) is 2. The molecule has 1 aromatic carbocycles. The molecular formula is C14H16N4O3. The number of carbonyl (C=O) groups excluding carboxylic acids is 1. The number of rotatable bonds is 4. The average Bonchev–Trinajstić information content (AvgIpc) is 2.37. The Morgan fingerprint density at radius 1 is 1.33 bits per heavy atom. The molecule has 0 aliphatic rings. The second-order valence-electron chi connectivity index (χ2n) is 5.32. The van der Waals surface area contributed by atoms with Crippen molar-refractivity contribution in [3.63, 3.8) is 0 Å². The normalized spacial score (nSPS) is 11.4. The van der Waals surface area contributed by atoms with E-state index in [2.05, 4.69) is 10.6 Å². The van der Waals surface area contributed by atoms with Crippen LogP contribution in [0.1, 0.15) is 20.8 Å². The van der Waals surface area contributed by atoms with E-state index in [0.29, 0.717) is 5.69 Å². The van der Waals surface area contributed by atoms with Gasteiger partial charge < -0.3 is 10.6 Å². The number of nitro groups is 1. The molecular weight excluding hydrogens is 272 g/mol. The SMILES string of the molecule is CC(C)(C)NC(=O)/C(C#N)=C\Nc1ccc([N+](=O)[O-])cc1. The third-order valence-corrected chi connectivity index (χ3v) is 2.31. The zero-order valence-electron chi connectivity index (χ0n) is 12.0. The minimum Gasteiger partial charge on any atom is -0.360 e. The van der Waals surface area contributed by atoms with Crippen LogP contribution in [0.2, 0.25) is 0 Å². The van der Waals surface area contributed by atoms with Gasteiger partial charge in [0, 0.05) is 29.6 Å². The number of nitrogens with one attached hydrogen (secondary N) is 2. The van der Waals surface area contributed by atoms with Gasteiger partial charge in [0.05, 0.1) is 4.92 Å². The third kappa shape index (κ3) is 5.32. The standard InChI is InChI=1S/C14H16N4O3/c1-14(2,3)17-13(19)10(8-15)9-16-11-4-6-12(7-5-11)18(20)21/h4-7,9,16H,1-3H3,(H,17,19)/b10-9-. The van der Waals surface area contributed by atoms with E-state index in [1.807, 2.05) is 20.8 Å². The van der Waals surface area contributed by atoms with Gasteiger partial charge >= 0.3 is 0 Å². The van der Waals surface area contributed by atoms with Crippen molar-refractivity contribution in [1.82, 2.24) is 5.32 Å². The monoisotopic (exact) mass is 288 g/mol. The summed E-state index contributed by atoms with van der Waals surface area (Å²) < 4.78 is 0. The Hall–Kier alpha value is -2.88. The van der Waals surface area contributed by atoms with Gasteiger partial charge in [0.1, 0.15) is 11.6 Å². The maximum absolute atomic E-state index is 11.8. The van der Waals surface area contributed by atoms with Crippen LogP contribution in [0.25, 0.3) is 0 Å². The molecule has 7 heteroatoms. The third-order valence-electron chi connectivity index (χ3n) is 2.31. The first-order valence-electron chi connectivity index (χ1n) is 6.17. The Morgan fingerprint density at radius 3 is 2.33 bits per heavy atom. The summed E-state index contributed by atoms with van der Waals surface area (Å²) in [5.41, 5.74) is -0.0175. The van der Waals surface area contributed by atoms with E-state index in [0.717, 1.165) is 0 Å². The molecule has 0 saturated heterocycles. The highest BCUT2D eigenvalue weighted by Gasteiger charge is 2.17. The predicted octanol–water partition coefficient (Wildman–Crippen LogP) is 2.33. The summed E-state index contributed by atoms with van der Waals surface area (Å²) in [4.78, 5) is 21.8. The van der Waals surface area contributed by atoms with Crippen molar-refractivity contribution in [3.8, 4) is 6.07 Å². The number of non-ortho nitro benzene ring substituents is 1. The lowest BCUT2D eigenvalue weighted by atomic mass is 10.1. The zero-order valence-corrected chi connectivity index (χ0v) is 12.0. The van der Waals surface area contributed by atoms with Gasteiger partial charge in [-0.15, -0.1) is 0 Å². The summed E-state index contributed by atoms with van der Waals surface area (Å²) in [6, 6.07) is 7.45. The van der Waals surface area contributed by atoms with Gasteiger partial charge in [-0.25, -0.2) is 0 Å². The van der Waals surface area contributed by atoms with Crippen LogP contribution in [0.3, 0.4) is 0 Å². The quantitative estimate of drug-likeness (QED) is 0.382. The van der Waals surface area contributed by atoms with Gasteiger partial charge in [0.15, 0.2) is 0 Å². The van der Waals surface area contributed by atoms with E-state index in [4.69, 9.17) is 5.26 Å². The van der Waals surface area contributed by atoms with Gasteiger partial charge in [-0.2, -0.15) is 5.26 Å². The number of amides is 1. The van der Waals surface area contributed by atoms with Crippen LogP contribution in [0.5, 0.6) is 0 Å². The summed E-state index contributed by atoms with van der Waals surface area (Å²) in [7, 11) is 0. The summed E-state index contributed by atoms with van der Waals surface area (Å²) >= 11 is 0. The fourth-order valence-electron chi connectivity index (χ4n) is 1.39. The molecule has 0 aliphatic carbocycles. The van der Waals surface area contributed by atoms with Gasteiger partial charge in [-0.05, 0) is 32.9 Å². The molecule has 21 heavy (non-hydrogen) atoms. The smallest absolute Gasteiger partial charge is 0.269 e. The van der Waals surface area contributed by atoms with Crippen molar-refractivity contribution in [1.29, 1.82) is 5.26 Å². The van der Waals surface area contributed by atoms with Crippen LogP contribution >= 0.6 is 0 Å². The number of carbonyl (C=O) groups is 1. The Morgan fingerprint density at radius 2 is 1.90 bits per heavy atom. The molecule has 0 heterocycles. The second-order valence-corrected chi connectivity index (χ2v) is 5.32.